The standard InChI is InChI=1S/C12H26N2O5/c1-2-3-12(13(18)5-9-15)4-6-14(19,7-10-16)8-11-17/h2,12-13,15-17H,1,3-11H2. The van der Waals surface area contributed by atoms with Crippen molar-refractivity contribution in [3.8, 4) is 0 Å². The Labute approximate surface area is 114 Å². The molecule has 0 aromatic rings. The average Bonchev–Trinajstić information content (AvgIpc) is 2.35. The number of hydroxylamine groups is 5. The maximum Gasteiger partial charge on any atom is 0.102 e. The second kappa shape index (κ2) is 10.3. The Morgan fingerprint density at radius 1 is 1.11 bits per heavy atom. The first-order valence-electron chi connectivity index (χ1n) is 6.56. The molecule has 0 spiro atoms. The second-order valence-electron chi connectivity index (χ2n) is 4.63. The lowest BCUT2D eigenvalue weighted by Crippen LogP contribution is -3.11. The topological polar surface area (TPSA) is 111 Å². The van der Waals surface area contributed by atoms with Gasteiger partial charge in [-0.15, -0.1) is 6.58 Å². The molecule has 0 fully saturated rings. The highest BCUT2D eigenvalue weighted by Gasteiger charge is 2.21. The molecule has 0 rings (SSSR count). The molecule has 0 aliphatic heterocycles. The number of aliphatic hydroxyl groups is 3. The highest BCUT2D eigenvalue weighted by Crippen LogP contribution is 2.07. The van der Waals surface area contributed by atoms with Crippen molar-refractivity contribution in [1.29, 1.82) is 0 Å². The Balaban J connectivity index is 4.44. The summed E-state index contributed by atoms with van der Waals surface area (Å²) in [6.45, 7) is 3.15. The summed E-state index contributed by atoms with van der Waals surface area (Å²) >= 11 is 0. The lowest BCUT2D eigenvalue weighted by molar-refractivity contribution is -0.900. The van der Waals surface area contributed by atoms with Crippen LogP contribution in [0.5, 0.6) is 0 Å². The fourth-order valence-corrected chi connectivity index (χ4v) is 2.02. The van der Waals surface area contributed by atoms with Gasteiger partial charge in [0, 0.05) is 12.8 Å². The van der Waals surface area contributed by atoms with Gasteiger partial charge in [-0.25, -0.2) is 0 Å². The molecule has 0 heterocycles. The number of nitrogens with one attached hydrogen (secondary N) is 1. The summed E-state index contributed by atoms with van der Waals surface area (Å²) in [5.41, 5.74) is 0. The lowest BCUT2D eigenvalue weighted by Gasteiger charge is -2.43. The third-order valence-corrected chi connectivity index (χ3v) is 3.16. The molecule has 7 nitrogen and oxygen atoms in total. The SMILES string of the molecule is C=CCC(CC[N+]([O-])(CCO)CCO)[NH+]([O-])CCO. The molecule has 0 saturated heterocycles. The van der Waals surface area contributed by atoms with E-state index in [1.165, 1.54) is 0 Å². The molecule has 19 heavy (non-hydrogen) atoms. The maximum atomic E-state index is 12.2. The van der Waals surface area contributed by atoms with Crippen LogP contribution in [-0.2, 0) is 0 Å². The van der Waals surface area contributed by atoms with Gasteiger partial charge < -0.3 is 35.4 Å². The Hall–Kier alpha value is -0.540. The third kappa shape index (κ3) is 7.58. The van der Waals surface area contributed by atoms with Crippen molar-refractivity contribution in [2.24, 2.45) is 0 Å². The van der Waals surface area contributed by atoms with Gasteiger partial charge in [-0.1, -0.05) is 6.08 Å². The van der Waals surface area contributed by atoms with Crippen molar-refractivity contribution in [2.75, 3.05) is 46.0 Å². The molecule has 2 unspecified atom stereocenters. The highest BCUT2D eigenvalue weighted by atomic mass is 16.5. The van der Waals surface area contributed by atoms with Crippen molar-refractivity contribution >= 4 is 0 Å². The molecule has 0 aromatic heterocycles. The van der Waals surface area contributed by atoms with E-state index in [9.17, 15) is 10.4 Å². The van der Waals surface area contributed by atoms with E-state index in [-0.39, 0.29) is 57.1 Å². The molecule has 0 amide bonds. The quantitative estimate of drug-likeness (QED) is 0.187. The van der Waals surface area contributed by atoms with E-state index in [0.29, 0.717) is 12.8 Å². The summed E-state index contributed by atoms with van der Waals surface area (Å²) in [7, 11) is 0. The van der Waals surface area contributed by atoms with Gasteiger partial charge in [0.05, 0.1) is 32.4 Å². The van der Waals surface area contributed by atoms with E-state index in [2.05, 4.69) is 6.58 Å². The van der Waals surface area contributed by atoms with E-state index in [0.717, 1.165) is 0 Å². The first-order chi connectivity index (χ1) is 9.02. The predicted octanol–water partition coefficient (Wildman–Crippen LogP) is -2.00. The van der Waals surface area contributed by atoms with Crippen LogP contribution in [0, 0.1) is 10.4 Å². The molecular weight excluding hydrogens is 252 g/mol. The molecule has 7 heteroatoms. The zero-order valence-electron chi connectivity index (χ0n) is 11.3. The summed E-state index contributed by atoms with van der Waals surface area (Å²) < 4.78 is -0.701. The van der Waals surface area contributed by atoms with Gasteiger partial charge in [0.15, 0.2) is 0 Å². The Morgan fingerprint density at radius 2 is 1.68 bits per heavy atom. The van der Waals surface area contributed by atoms with Gasteiger partial charge in [-0.05, 0) is 0 Å². The zero-order valence-corrected chi connectivity index (χ0v) is 11.3. The number of nitrogens with zero attached hydrogens (tertiary/aromatic N) is 1. The monoisotopic (exact) mass is 278 g/mol. The van der Waals surface area contributed by atoms with Crippen molar-refractivity contribution in [2.45, 2.75) is 18.9 Å². The van der Waals surface area contributed by atoms with E-state index >= 15 is 0 Å². The molecular formula is C12H26N2O5. The number of aliphatic hydroxyl groups excluding tert-OH is 3. The molecule has 0 bridgehead atoms. The van der Waals surface area contributed by atoms with Gasteiger partial charge in [-0.3, -0.25) is 0 Å². The first-order valence-corrected chi connectivity index (χ1v) is 6.56. The normalized spacial score (nSPS) is 15.2. The predicted molar refractivity (Wildman–Crippen MR) is 71.9 cm³/mol. The zero-order chi connectivity index (χ0) is 14.7. The molecule has 114 valence electrons. The molecule has 0 aliphatic rings. The maximum absolute atomic E-state index is 12.2. The van der Waals surface area contributed by atoms with E-state index in [4.69, 9.17) is 15.3 Å². The molecule has 0 aliphatic carbocycles. The van der Waals surface area contributed by atoms with E-state index in [1.54, 1.807) is 6.08 Å². The van der Waals surface area contributed by atoms with Crippen LogP contribution in [0.3, 0.4) is 0 Å². The minimum Gasteiger partial charge on any atom is -0.634 e. The van der Waals surface area contributed by atoms with Gasteiger partial charge in [-0.2, -0.15) is 0 Å². The second-order valence-corrected chi connectivity index (χ2v) is 4.63. The first kappa shape index (κ1) is 18.5. The summed E-state index contributed by atoms with van der Waals surface area (Å²) in [5.74, 6) is 0. The Bertz CT molecular complexity index is 234. The average molecular weight is 278 g/mol. The van der Waals surface area contributed by atoms with Gasteiger partial charge in [0.2, 0.25) is 0 Å². The summed E-state index contributed by atoms with van der Waals surface area (Å²) in [6.07, 6.45) is 2.46. The van der Waals surface area contributed by atoms with Crippen LogP contribution in [0.15, 0.2) is 12.7 Å². The van der Waals surface area contributed by atoms with Crippen LogP contribution >= 0.6 is 0 Å². The summed E-state index contributed by atoms with van der Waals surface area (Å²) in [4.78, 5) is 0. The van der Waals surface area contributed by atoms with Crippen molar-refractivity contribution in [3.63, 3.8) is 0 Å². The van der Waals surface area contributed by atoms with Crippen LogP contribution in [0.4, 0.5) is 0 Å². The lowest BCUT2D eigenvalue weighted by atomic mass is 10.1. The summed E-state index contributed by atoms with van der Waals surface area (Å²) in [5, 5.41) is 50.4. The number of hydrogen-bond donors (Lipinski definition) is 4. The van der Waals surface area contributed by atoms with Crippen LogP contribution in [0.25, 0.3) is 0 Å². The van der Waals surface area contributed by atoms with Gasteiger partial charge >= 0.3 is 0 Å². The molecule has 0 saturated carbocycles. The number of quaternary nitrogens is 2. The molecule has 2 atom stereocenters. The molecule has 4 N–H and O–H groups in total. The Kier molecular flexibility index (Phi) is 9.98. The number of rotatable bonds is 12. The van der Waals surface area contributed by atoms with Crippen LogP contribution in [0.2, 0.25) is 0 Å². The third-order valence-electron chi connectivity index (χ3n) is 3.16. The van der Waals surface area contributed by atoms with Crippen LogP contribution in [0.1, 0.15) is 12.8 Å². The van der Waals surface area contributed by atoms with Gasteiger partial charge in [0.1, 0.15) is 19.6 Å². The van der Waals surface area contributed by atoms with E-state index < -0.39 is 4.65 Å². The van der Waals surface area contributed by atoms with Gasteiger partial charge in [0.25, 0.3) is 0 Å². The minimum absolute atomic E-state index is 0.00948. The fraction of sp³-hybridized carbons (Fsp3) is 0.833. The smallest absolute Gasteiger partial charge is 0.102 e. The van der Waals surface area contributed by atoms with E-state index in [1.807, 2.05) is 0 Å². The minimum atomic E-state index is -0.701. The highest BCUT2D eigenvalue weighted by molar-refractivity contribution is 4.73. The van der Waals surface area contributed by atoms with Crippen LogP contribution in [-0.4, -0.2) is 72.0 Å². The molecule has 0 aromatic carbocycles. The van der Waals surface area contributed by atoms with Crippen molar-refractivity contribution in [3.05, 3.63) is 23.1 Å². The molecule has 0 radical (unpaired) electrons. The Morgan fingerprint density at radius 3 is 2.11 bits per heavy atom. The van der Waals surface area contributed by atoms with Crippen molar-refractivity contribution in [1.82, 2.24) is 0 Å². The fourth-order valence-electron chi connectivity index (χ4n) is 2.02. The largest absolute Gasteiger partial charge is 0.634 e. The van der Waals surface area contributed by atoms with Crippen LogP contribution < -0.4 is 5.06 Å². The summed E-state index contributed by atoms with van der Waals surface area (Å²) in [6, 6.07) is -0.325. The number of hydrogen-bond acceptors (Lipinski definition) is 5. The van der Waals surface area contributed by atoms with Crippen molar-refractivity contribution < 1.29 is 25.0 Å².